The lowest BCUT2D eigenvalue weighted by Gasteiger charge is -2.43. The number of fused-ring (bicyclic) bond motifs is 2. The summed E-state index contributed by atoms with van der Waals surface area (Å²) in [4.78, 5) is 73.3. The van der Waals surface area contributed by atoms with Crippen LogP contribution in [0.1, 0.15) is 34.6 Å². The summed E-state index contributed by atoms with van der Waals surface area (Å²) in [5.74, 6) is -3.34. The van der Waals surface area contributed by atoms with E-state index < -0.39 is 72.6 Å². The molecule has 5 atom stereocenters. The summed E-state index contributed by atoms with van der Waals surface area (Å²) in [7, 11) is 0. The smallest absolute Gasteiger partial charge is 0.308 e. The number of carbonyl (C=O) groups excluding carboxylic acids is 5. The SMILES string of the molecule is CC(=O)OCC1OC(Oc2ccc(-c3coc4cc5c(c(OC(C)=O)c4c3=O)OCO5)cc2)C(OC(C)=O)C(OC(C)=O)C1OC(C)=O. The highest BCUT2D eigenvalue weighted by atomic mass is 16.7. The molecule has 2 aliphatic heterocycles. The normalized spacial score (nSPS) is 21.1. The van der Waals surface area contributed by atoms with Crippen LogP contribution in [0.4, 0.5) is 0 Å². The van der Waals surface area contributed by atoms with E-state index in [0.717, 1.165) is 27.7 Å². The van der Waals surface area contributed by atoms with Crippen molar-refractivity contribution in [1.29, 1.82) is 0 Å². The zero-order valence-electron chi connectivity index (χ0n) is 26.3. The van der Waals surface area contributed by atoms with E-state index in [1.54, 1.807) is 0 Å². The third-order valence-electron chi connectivity index (χ3n) is 6.97. The summed E-state index contributed by atoms with van der Waals surface area (Å²) in [6, 6.07) is 7.45. The molecule has 0 radical (unpaired) electrons. The maximum atomic E-state index is 13.7. The predicted octanol–water partition coefficient (Wildman–Crippen LogP) is 2.58. The van der Waals surface area contributed by atoms with E-state index in [4.69, 9.17) is 47.0 Å². The van der Waals surface area contributed by atoms with Gasteiger partial charge in [-0.15, -0.1) is 0 Å². The van der Waals surface area contributed by atoms with E-state index in [9.17, 15) is 28.8 Å². The molecule has 1 fully saturated rings. The molecule has 3 heterocycles. The molecule has 0 bridgehead atoms. The first-order valence-electron chi connectivity index (χ1n) is 14.5. The molecule has 2 aliphatic rings. The summed E-state index contributed by atoms with van der Waals surface area (Å²) in [5.41, 5.74) is 0.0616. The van der Waals surface area contributed by atoms with E-state index >= 15 is 0 Å². The molecule has 16 nitrogen and oxygen atoms in total. The van der Waals surface area contributed by atoms with Crippen LogP contribution in [0.3, 0.4) is 0 Å². The molecular weight excluding hydrogens is 640 g/mol. The van der Waals surface area contributed by atoms with Gasteiger partial charge in [-0.2, -0.15) is 0 Å². The van der Waals surface area contributed by atoms with E-state index in [2.05, 4.69) is 0 Å². The van der Waals surface area contributed by atoms with Gasteiger partial charge in [0.2, 0.25) is 30.4 Å². The molecule has 1 saturated heterocycles. The van der Waals surface area contributed by atoms with Crippen LogP contribution in [0.25, 0.3) is 22.1 Å². The van der Waals surface area contributed by atoms with Crippen LogP contribution < -0.4 is 24.4 Å². The Bertz CT molecular complexity index is 1810. The Balaban J connectivity index is 1.48. The van der Waals surface area contributed by atoms with Crippen molar-refractivity contribution in [3.05, 3.63) is 46.8 Å². The lowest BCUT2D eigenvalue weighted by atomic mass is 9.98. The van der Waals surface area contributed by atoms with Gasteiger partial charge in [0, 0.05) is 40.7 Å². The quantitative estimate of drug-likeness (QED) is 0.183. The summed E-state index contributed by atoms with van der Waals surface area (Å²) in [6.45, 7) is 5.10. The second kappa shape index (κ2) is 14.0. The van der Waals surface area contributed by atoms with Gasteiger partial charge in [-0.3, -0.25) is 28.8 Å². The zero-order valence-corrected chi connectivity index (χ0v) is 26.3. The van der Waals surface area contributed by atoms with Gasteiger partial charge >= 0.3 is 29.8 Å². The molecule has 0 N–H and O–H groups in total. The highest BCUT2D eigenvalue weighted by Crippen LogP contribution is 2.46. The van der Waals surface area contributed by atoms with Crippen molar-refractivity contribution in [2.24, 2.45) is 0 Å². The van der Waals surface area contributed by atoms with Crippen molar-refractivity contribution >= 4 is 40.8 Å². The first-order valence-corrected chi connectivity index (χ1v) is 14.5. The Morgan fingerprint density at radius 2 is 1.44 bits per heavy atom. The number of hydrogen-bond acceptors (Lipinski definition) is 16. The first kappa shape index (κ1) is 33.7. The predicted molar refractivity (Wildman–Crippen MR) is 158 cm³/mol. The molecule has 0 spiro atoms. The molecule has 5 unspecified atom stereocenters. The summed E-state index contributed by atoms with van der Waals surface area (Å²) >= 11 is 0. The molecule has 16 heteroatoms. The van der Waals surface area contributed by atoms with Crippen molar-refractivity contribution in [3.63, 3.8) is 0 Å². The summed E-state index contributed by atoms with van der Waals surface area (Å²) < 4.78 is 55.1. The van der Waals surface area contributed by atoms with Gasteiger partial charge in [0.25, 0.3) is 0 Å². The van der Waals surface area contributed by atoms with E-state index in [0.29, 0.717) is 5.56 Å². The molecule has 48 heavy (non-hydrogen) atoms. The van der Waals surface area contributed by atoms with E-state index in [1.807, 2.05) is 0 Å². The van der Waals surface area contributed by atoms with Crippen molar-refractivity contribution in [2.75, 3.05) is 13.4 Å². The molecule has 2 aromatic carbocycles. The molecular formula is C32H30O16. The van der Waals surface area contributed by atoms with Crippen LogP contribution in [0.15, 0.2) is 45.8 Å². The van der Waals surface area contributed by atoms with Crippen molar-refractivity contribution in [3.8, 4) is 34.1 Å². The second-order valence-corrected chi connectivity index (χ2v) is 10.6. The molecule has 3 aromatic rings. The van der Waals surface area contributed by atoms with Crippen molar-refractivity contribution < 1.29 is 71.0 Å². The third kappa shape index (κ3) is 7.33. The van der Waals surface area contributed by atoms with Crippen LogP contribution >= 0.6 is 0 Å². The summed E-state index contributed by atoms with van der Waals surface area (Å²) in [5, 5.41) is -0.0372. The Labute approximate surface area is 271 Å². The third-order valence-corrected chi connectivity index (χ3v) is 6.97. The standard InChI is InChI=1S/C32H30O16/c1-14(33)39-12-24-28(43-15(2)34)30(45-17(4)36)31(46-18(5)37)32(48-24)47-20-8-6-19(7-9-20)21-11-40-22-10-23-27(42-13-41-23)29(44-16(3)35)25(22)26(21)38/h6-11,24,28,30-32H,12-13H2,1-5H3. The van der Waals surface area contributed by atoms with Gasteiger partial charge in [0.1, 0.15) is 35.7 Å². The number of hydrogen-bond donors (Lipinski definition) is 0. The average molecular weight is 671 g/mol. The molecule has 0 saturated carbocycles. The summed E-state index contributed by atoms with van der Waals surface area (Å²) in [6.07, 6.45) is -5.64. The fraction of sp³-hybridized carbons (Fsp3) is 0.375. The average Bonchev–Trinajstić information content (AvgIpc) is 3.47. The number of rotatable bonds is 9. The van der Waals surface area contributed by atoms with Crippen LogP contribution in [-0.4, -0.2) is 74.0 Å². The highest BCUT2D eigenvalue weighted by molar-refractivity contribution is 5.93. The Morgan fingerprint density at radius 3 is 2.06 bits per heavy atom. The Hall–Kier alpha value is -5.64. The van der Waals surface area contributed by atoms with Crippen molar-refractivity contribution in [1.82, 2.24) is 0 Å². The molecule has 254 valence electrons. The lowest BCUT2D eigenvalue weighted by molar-refractivity contribution is -0.288. The van der Waals surface area contributed by atoms with E-state index in [-0.39, 0.29) is 46.3 Å². The molecule has 1 aromatic heterocycles. The van der Waals surface area contributed by atoms with Gasteiger partial charge in [-0.05, 0) is 17.7 Å². The van der Waals surface area contributed by atoms with Crippen LogP contribution in [-0.2, 0) is 47.7 Å². The molecule has 0 amide bonds. The minimum atomic E-state index is -1.46. The van der Waals surface area contributed by atoms with Gasteiger partial charge in [-0.25, -0.2) is 0 Å². The van der Waals surface area contributed by atoms with E-state index in [1.165, 1.54) is 43.5 Å². The fourth-order valence-electron chi connectivity index (χ4n) is 5.18. The Kier molecular flexibility index (Phi) is 9.84. The van der Waals surface area contributed by atoms with Gasteiger partial charge < -0.3 is 47.0 Å². The number of benzene rings is 2. The van der Waals surface area contributed by atoms with Gasteiger partial charge in [-0.1, -0.05) is 12.1 Å². The zero-order chi connectivity index (χ0) is 34.7. The number of esters is 5. The van der Waals surface area contributed by atoms with Crippen LogP contribution in [0.2, 0.25) is 0 Å². The number of ether oxygens (including phenoxy) is 9. The fourth-order valence-corrected chi connectivity index (χ4v) is 5.18. The van der Waals surface area contributed by atoms with Crippen LogP contribution in [0, 0.1) is 0 Å². The molecule has 5 rings (SSSR count). The van der Waals surface area contributed by atoms with Gasteiger partial charge in [0.05, 0.1) is 5.56 Å². The monoisotopic (exact) mass is 670 g/mol. The minimum absolute atomic E-state index is 0.0372. The highest BCUT2D eigenvalue weighted by Gasteiger charge is 2.53. The molecule has 0 aliphatic carbocycles. The van der Waals surface area contributed by atoms with Gasteiger partial charge in [0.15, 0.2) is 23.7 Å². The Morgan fingerprint density at radius 1 is 0.792 bits per heavy atom. The maximum Gasteiger partial charge on any atom is 0.308 e. The van der Waals surface area contributed by atoms with Crippen LogP contribution in [0.5, 0.6) is 23.0 Å². The van der Waals surface area contributed by atoms with Crippen molar-refractivity contribution in [2.45, 2.75) is 65.3 Å². The lowest BCUT2D eigenvalue weighted by Crippen LogP contribution is -2.63. The largest absolute Gasteiger partial charge is 0.463 e. The maximum absolute atomic E-state index is 13.7. The topological polar surface area (TPSA) is 199 Å². The number of carbonyl (C=O) groups is 5. The minimum Gasteiger partial charge on any atom is -0.463 e. The first-order chi connectivity index (χ1) is 22.8. The second-order valence-electron chi connectivity index (χ2n) is 10.6.